The number of nitrogens with one attached hydrogen (secondary N) is 1. The van der Waals surface area contributed by atoms with Gasteiger partial charge in [0.05, 0.1) is 16.8 Å². The van der Waals surface area contributed by atoms with Gasteiger partial charge in [-0.15, -0.1) is 11.3 Å². The molecule has 1 aromatic heterocycles. The quantitative estimate of drug-likeness (QED) is 0.692. The zero-order valence-electron chi connectivity index (χ0n) is 13.9. The van der Waals surface area contributed by atoms with Crippen molar-refractivity contribution in [2.75, 3.05) is 11.4 Å². The number of aromatic nitrogens is 1. The highest BCUT2D eigenvalue weighted by atomic mass is 32.1. The molecule has 0 bridgehead atoms. The minimum atomic E-state index is -2.04. The van der Waals surface area contributed by atoms with Crippen molar-refractivity contribution in [3.63, 3.8) is 0 Å². The Morgan fingerprint density at radius 2 is 1.92 bits per heavy atom. The SMILES string of the molecule is O=C(NCc1nc2ccccc2s1)C1(O)CCN(c2ccccc2)C1=O. The lowest BCUT2D eigenvalue weighted by molar-refractivity contribution is -0.149. The summed E-state index contributed by atoms with van der Waals surface area (Å²) in [7, 11) is 0. The van der Waals surface area contributed by atoms with Crippen LogP contribution < -0.4 is 10.2 Å². The molecule has 132 valence electrons. The standard InChI is InChI=1S/C19H17N3O3S/c23-17(20-12-16-21-14-8-4-5-9-15(14)26-16)19(25)10-11-22(18(19)24)13-6-2-1-3-7-13/h1-9,25H,10-12H2,(H,20,23). The Labute approximate surface area is 154 Å². The highest BCUT2D eigenvalue weighted by molar-refractivity contribution is 7.18. The number of benzene rings is 2. The van der Waals surface area contributed by atoms with E-state index in [0.717, 1.165) is 15.2 Å². The highest BCUT2D eigenvalue weighted by Gasteiger charge is 2.51. The van der Waals surface area contributed by atoms with Gasteiger partial charge >= 0.3 is 0 Å². The van der Waals surface area contributed by atoms with Gasteiger partial charge in [0.15, 0.2) is 0 Å². The van der Waals surface area contributed by atoms with E-state index >= 15 is 0 Å². The maximum atomic E-state index is 12.6. The largest absolute Gasteiger partial charge is 0.372 e. The van der Waals surface area contributed by atoms with Crippen LogP contribution in [0, 0.1) is 0 Å². The predicted molar refractivity (Wildman–Crippen MR) is 99.8 cm³/mol. The molecule has 2 amide bonds. The zero-order chi connectivity index (χ0) is 18.1. The summed E-state index contributed by atoms with van der Waals surface area (Å²) in [5.74, 6) is -1.27. The van der Waals surface area contributed by atoms with Gasteiger partial charge in [0.2, 0.25) is 5.60 Å². The molecule has 1 aliphatic heterocycles. The second-order valence-corrected chi connectivity index (χ2v) is 7.28. The molecule has 2 heterocycles. The summed E-state index contributed by atoms with van der Waals surface area (Å²) in [5, 5.41) is 14.0. The summed E-state index contributed by atoms with van der Waals surface area (Å²) < 4.78 is 1.03. The number of hydrogen-bond acceptors (Lipinski definition) is 5. The van der Waals surface area contributed by atoms with Gasteiger partial charge in [-0.3, -0.25) is 9.59 Å². The number of thiazole rings is 1. The summed E-state index contributed by atoms with van der Waals surface area (Å²) in [5.41, 5.74) is -0.493. The van der Waals surface area contributed by atoms with Crippen LogP contribution in [0.5, 0.6) is 0 Å². The van der Waals surface area contributed by atoms with Crippen LogP contribution in [0.4, 0.5) is 5.69 Å². The van der Waals surface area contributed by atoms with Crippen LogP contribution in [0.3, 0.4) is 0 Å². The van der Waals surface area contributed by atoms with E-state index in [1.54, 1.807) is 12.1 Å². The molecule has 26 heavy (non-hydrogen) atoms. The summed E-state index contributed by atoms with van der Waals surface area (Å²) in [4.78, 5) is 31.0. The van der Waals surface area contributed by atoms with E-state index in [2.05, 4.69) is 10.3 Å². The molecule has 1 unspecified atom stereocenters. The third kappa shape index (κ3) is 2.85. The molecular formula is C19H17N3O3S. The van der Waals surface area contributed by atoms with Crippen molar-refractivity contribution in [3.8, 4) is 0 Å². The van der Waals surface area contributed by atoms with Gasteiger partial charge in [-0.1, -0.05) is 30.3 Å². The Morgan fingerprint density at radius 3 is 2.69 bits per heavy atom. The first kappa shape index (κ1) is 16.7. The van der Waals surface area contributed by atoms with Crippen LogP contribution >= 0.6 is 11.3 Å². The zero-order valence-corrected chi connectivity index (χ0v) is 14.7. The molecule has 0 saturated carbocycles. The number of rotatable bonds is 4. The van der Waals surface area contributed by atoms with E-state index in [1.807, 2.05) is 42.5 Å². The lowest BCUT2D eigenvalue weighted by Gasteiger charge is -2.21. The summed E-state index contributed by atoms with van der Waals surface area (Å²) in [6.07, 6.45) is 0.0619. The van der Waals surface area contributed by atoms with Gasteiger partial charge in [-0.25, -0.2) is 4.98 Å². The molecule has 1 aliphatic rings. The fraction of sp³-hybridized carbons (Fsp3) is 0.211. The van der Waals surface area contributed by atoms with Crippen LogP contribution in [0.2, 0.25) is 0 Å². The third-order valence-electron chi connectivity index (χ3n) is 4.48. The van der Waals surface area contributed by atoms with Crippen LogP contribution in [0.25, 0.3) is 10.2 Å². The Morgan fingerprint density at radius 1 is 1.19 bits per heavy atom. The number of fused-ring (bicyclic) bond motifs is 1. The maximum absolute atomic E-state index is 12.6. The molecule has 3 aromatic rings. The Hall–Kier alpha value is -2.77. The van der Waals surface area contributed by atoms with Crippen LogP contribution in [0.15, 0.2) is 54.6 Å². The minimum absolute atomic E-state index is 0.0619. The van der Waals surface area contributed by atoms with Crippen molar-refractivity contribution in [1.29, 1.82) is 0 Å². The average Bonchev–Trinajstić information content (AvgIpc) is 3.22. The van der Waals surface area contributed by atoms with Crippen molar-refractivity contribution in [3.05, 3.63) is 59.6 Å². The Balaban J connectivity index is 1.46. The Kier molecular flexibility index (Phi) is 4.18. The van der Waals surface area contributed by atoms with E-state index < -0.39 is 17.4 Å². The van der Waals surface area contributed by atoms with Gasteiger partial charge in [-0.2, -0.15) is 0 Å². The normalized spacial score (nSPS) is 19.9. The second-order valence-electron chi connectivity index (χ2n) is 6.16. The van der Waals surface area contributed by atoms with Crippen LogP contribution in [-0.2, 0) is 16.1 Å². The third-order valence-corrected chi connectivity index (χ3v) is 5.51. The number of carbonyl (C=O) groups is 2. The number of aliphatic hydroxyl groups is 1. The van der Waals surface area contributed by atoms with E-state index in [0.29, 0.717) is 12.2 Å². The van der Waals surface area contributed by atoms with Crippen molar-refractivity contribution in [2.24, 2.45) is 0 Å². The number of para-hydroxylation sites is 2. The first-order valence-corrected chi connectivity index (χ1v) is 9.12. The first-order chi connectivity index (χ1) is 12.6. The van der Waals surface area contributed by atoms with Gasteiger partial charge < -0.3 is 15.3 Å². The minimum Gasteiger partial charge on any atom is -0.372 e. The maximum Gasteiger partial charge on any atom is 0.268 e. The summed E-state index contributed by atoms with van der Waals surface area (Å²) >= 11 is 1.48. The molecule has 0 radical (unpaired) electrons. The number of carbonyl (C=O) groups excluding carboxylic acids is 2. The summed E-state index contributed by atoms with van der Waals surface area (Å²) in [6.45, 7) is 0.479. The molecule has 1 fully saturated rings. The second kappa shape index (κ2) is 6.51. The van der Waals surface area contributed by atoms with Crippen molar-refractivity contribution >= 4 is 39.1 Å². The lowest BCUT2D eigenvalue weighted by Crippen LogP contribution is -2.52. The van der Waals surface area contributed by atoms with Crippen molar-refractivity contribution < 1.29 is 14.7 Å². The fourth-order valence-electron chi connectivity index (χ4n) is 3.07. The molecule has 1 saturated heterocycles. The fourth-order valence-corrected chi connectivity index (χ4v) is 3.97. The van der Waals surface area contributed by atoms with Gasteiger partial charge in [-0.05, 0) is 24.3 Å². The molecule has 7 heteroatoms. The van der Waals surface area contributed by atoms with Gasteiger partial charge in [0.1, 0.15) is 5.01 Å². The number of hydrogen-bond donors (Lipinski definition) is 2. The molecule has 2 aromatic carbocycles. The molecule has 4 rings (SSSR count). The molecule has 0 aliphatic carbocycles. The van der Waals surface area contributed by atoms with E-state index in [9.17, 15) is 14.7 Å². The molecule has 6 nitrogen and oxygen atoms in total. The van der Waals surface area contributed by atoms with Crippen molar-refractivity contribution in [2.45, 2.75) is 18.6 Å². The van der Waals surface area contributed by atoms with E-state index in [4.69, 9.17) is 0 Å². The van der Waals surface area contributed by atoms with E-state index in [-0.39, 0.29) is 13.0 Å². The highest BCUT2D eigenvalue weighted by Crippen LogP contribution is 2.28. The predicted octanol–water partition coefficient (Wildman–Crippen LogP) is 2.08. The number of anilines is 1. The molecule has 0 spiro atoms. The Bertz CT molecular complexity index is 939. The number of amides is 2. The van der Waals surface area contributed by atoms with Crippen LogP contribution in [-0.4, -0.2) is 34.1 Å². The van der Waals surface area contributed by atoms with Crippen LogP contribution in [0.1, 0.15) is 11.4 Å². The first-order valence-electron chi connectivity index (χ1n) is 8.30. The smallest absolute Gasteiger partial charge is 0.268 e. The summed E-state index contributed by atoms with van der Waals surface area (Å²) in [6, 6.07) is 16.7. The van der Waals surface area contributed by atoms with E-state index in [1.165, 1.54) is 16.2 Å². The monoisotopic (exact) mass is 367 g/mol. The van der Waals surface area contributed by atoms with Crippen molar-refractivity contribution in [1.82, 2.24) is 10.3 Å². The molecule has 2 N–H and O–H groups in total. The molecular weight excluding hydrogens is 350 g/mol. The number of nitrogens with zero attached hydrogens (tertiary/aromatic N) is 2. The van der Waals surface area contributed by atoms with Gasteiger partial charge in [0.25, 0.3) is 11.8 Å². The lowest BCUT2D eigenvalue weighted by atomic mass is 10.0. The topological polar surface area (TPSA) is 82.5 Å². The average molecular weight is 367 g/mol. The van der Waals surface area contributed by atoms with Gasteiger partial charge in [0, 0.05) is 18.7 Å². The molecule has 1 atom stereocenters.